The van der Waals surface area contributed by atoms with Crippen LogP contribution in [0.3, 0.4) is 0 Å². The van der Waals surface area contributed by atoms with Crippen LogP contribution in [0.25, 0.3) is 11.4 Å². The van der Waals surface area contributed by atoms with E-state index in [1.165, 1.54) is 5.56 Å². The van der Waals surface area contributed by atoms with Gasteiger partial charge in [0.1, 0.15) is 5.82 Å². The largest absolute Gasteiger partial charge is 0.324 e. The van der Waals surface area contributed by atoms with Crippen molar-refractivity contribution in [1.29, 1.82) is 0 Å². The monoisotopic (exact) mass is 280 g/mol. The smallest absolute Gasteiger partial charge is 0.164 e. The molecule has 2 rings (SSSR count). The Morgan fingerprint density at radius 2 is 2.12 bits per heavy atom. The Kier molecular flexibility index (Phi) is 3.07. The van der Waals surface area contributed by atoms with E-state index in [9.17, 15) is 0 Å². The third kappa shape index (κ3) is 1.76. The van der Waals surface area contributed by atoms with Gasteiger partial charge in [0.05, 0.1) is 6.54 Å². The first-order valence-corrected chi connectivity index (χ1v) is 5.78. The minimum Gasteiger partial charge on any atom is -0.324 e. The molecule has 0 spiro atoms. The van der Waals surface area contributed by atoms with Gasteiger partial charge in [0, 0.05) is 17.1 Å². The summed E-state index contributed by atoms with van der Waals surface area (Å²) < 4.78 is 2.97. The molecule has 0 radical (unpaired) electrons. The quantitative estimate of drug-likeness (QED) is 0.916. The zero-order valence-electron chi connectivity index (χ0n) is 9.24. The van der Waals surface area contributed by atoms with E-state index >= 15 is 0 Å². The maximum Gasteiger partial charge on any atom is 0.164 e. The second kappa shape index (κ2) is 4.35. The molecule has 0 unspecified atom stereocenters. The molecule has 2 aromatic rings. The molecule has 0 amide bonds. The fraction of sp³-hybridized carbons (Fsp3) is 0.273. The molecule has 0 fully saturated rings. The van der Waals surface area contributed by atoms with Gasteiger partial charge in [-0.25, -0.2) is 0 Å². The number of nitrogens with zero attached hydrogens (tertiary/aromatic N) is 3. The van der Waals surface area contributed by atoms with E-state index in [4.69, 9.17) is 5.73 Å². The molecule has 0 aliphatic rings. The van der Waals surface area contributed by atoms with Crippen LogP contribution in [0.5, 0.6) is 0 Å². The summed E-state index contributed by atoms with van der Waals surface area (Å²) in [6.07, 6.45) is 0. The van der Waals surface area contributed by atoms with Gasteiger partial charge in [0.25, 0.3) is 0 Å². The third-order valence-electron chi connectivity index (χ3n) is 2.58. The Labute approximate surface area is 103 Å². The maximum absolute atomic E-state index is 5.57. The summed E-state index contributed by atoms with van der Waals surface area (Å²) in [6, 6.07) is 6.07. The van der Waals surface area contributed by atoms with Crippen LogP contribution in [0.2, 0.25) is 0 Å². The Morgan fingerprint density at radius 3 is 2.75 bits per heavy atom. The first-order chi connectivity index (χ1) is 7.65. The van der Waals surface area contributed by atoms with Crippen LogP contribution < -0.4 is 5.73 Å². The van der Waals surface area contributed by atoms with Crippen LogP contribution in [0, 0.1) is 6.92 Å². The van der Waals surface area contributed by atoms with Crippen LogP contribution >= 0.6 is 15.9 Å². The van der Waals surface area contributed by atoms with Gasteiger partial charge in [-0.2, -0.15) is 0 Å². The number of rotatable bonds is 2. The first kappa shape index (κ1) is 11.3. The predicted molar refractivity (Wildman–Crippen MR) is 66.8 cm³/mol. The Hall–Kier alpha value is -1.20. The lowest BCUT2D eigenvalue weighted by molar-refractivity contribution is 0.796. The van der Waals surface area contributed by atoms with Crippen LogP contribution in [0.1, 0.15) is 11.4 Å². The molecule has 0 saturated carbocycles. The SMILES string of the molecule is Cc1cccc(-c2nnc(CN)n2C)c1Br. The van der Waals surface area contributed by atoms with Crippen LogP contribution in [-0.4, -0.2) is 14.8 Å². The molecule has 2 N–H and O–H groups in total. The zero-order valence-corrected chi connectivity index (χ0v) is 10.8. The fourth-order valence-corrected chi connectivity index (χ4v) is 2.04. The van der Waals surface area contributed by atoms with Crippen molar-refractivity contribution in [2.24, 2.45) is 12.8 Å². The van der Waals surface area contributed by atoms with Crippen molar-refractivity contribution in [3.63, 3.8) is 0 Å². The van der Waals surface area contributed by atoms with Gasteiger partial charge in [0.2, 0.25) is 0 Å². The molecule has 0 bridgehead atoms. The second-order valence-electron chi connectivity index (χ2n) is 3.64. The highest BCUT2D eigenvalue weighted by Gasteiger charge is 2.12. The van der Waals surface area contributed by atoms with Gasteiger partial charge >= 0.3 is 0 Å². The van der Waals surface area contributed by atoms with E-state index in [1.54, 1.807) is 0 Å². The molecule has 1 aromatic carbocycles. The van der Waals surface area contributed by atoms with Gasteiger partial charge in [-0.15, -0.1) is 10.2 Å². The molecule has 1 heterocycles. The first-order valence-electron chi connectivity index (χ1n) is 4.99. The summed E-state index contributed by atoms with van der Waals surface area (Å²) in [5.74, 6) is 1.61. The average molecular weight is 281 g/mol. The summed E-state index contributed by atoms with van der Waals surface area (Å²) in [6.45, 7) is 2.45. The normalized spacial score (nSPS) is 10.8. The third-order valence-corrected chi connectivity index (χ3v) is 3.63. The summed E-state index contributed by atoms with van der Waals surface area (Å²) in [5.41, 5.74) is 7.79. The lowest BCUT2D eigenvalue weighted by atomic mass is 10.1. The summed E-state index contributed by atoms with van der Waals surface area (Å²) in [4.78, 5) is 0. The van der Waals surface area contributed by atoms with Crippen molar-refractivity contribution in [2.75, 3.05) is 0 Å². The molecule has 0 aliphatic heterocycles. The highest BCUT2D eigenvalue weighted by atomic mass is 79.9. The molecule has 84 valence electrons. The van der Waals surface area contributed by atoms with Crippen molar-refractivity contribution in [2.45, 2.75) is 13.5 Å². The number of aryl methyl sites for hydroxylation is 1. The molecule has 0 atom stereocenters. The van der Waals surface area contributed by atoms with Gasteiger partial charge in [0.15, 0.2) is 5.82 Å². The maximum atomic E-state index is 5.57. The minimum atomic E-state index is 0.396. The van der Waals surface area contributed by atoms with Crippen LogP contribution in [-0.2, 0) is 13.6 Å². The highest BCUT2D eigenvalue weighted by molar-refractivity contribution is 9.10. The number of benzene rings is 1. The molecule has 5 heteroatoms. The van der Waals surface area contributed by atoms with Gasteiger partial charge in [-0.1, -0.05) is 18.2 Å². The Balaban J connectivity index is 2.59. The van der Waals surface area contributed by atoms with Gasteiger partial charge in [-0.3, -0.25) is 0 Å². The fourth-order valence-electron chi connectivity index (χ4n) is 1.59. The van der Waals surface area contributed by atoms with E-state index in [2.05, 4.69) is 26.1 Å². The number of halogens is 1. The number of nitrogens with two attached hydrogens (primary N) is 1. The zero-order chi connectivity index (χ0) is 11.7. The van der Waals surface area contributed by atoms with E-state index in [0.29, 0.717) is 6.54 Å². The van der Waals surface area contributed by atoms with E-state index in [-0.39, 0.29) is 0 Å². The second-order valence-corrected chi connectivity index (χ2v) is 4.43. The number of aromatic nitrogens is 3. The van der Waals surface area contributed by atoms with Gasteiger partial charge < -0.3 is 10.3 Å². The number of hydrogen-bond donors (Lipinski definition) is 1. The lowest BCUT2D eigenvalue weighted by Gasteiger charge is -2.06. The van der Waals surface area contributed by atoms with Crippen molar-refractivity contribution >= 4 is 15.9 Å². The minimum absolute atomic E-state index is 0.396. The van der Waals surface area contributed by atoms with Crippen molar-refractivity contribution < 1.29 is 0 Å². The average Bonchev–Trinajstić information content (AvgIpc) is 2.64. The molecule has 16 heavy (non-hydrogen) atoms. The summed E-state index contributed by atoms with van der Waals surface area (Å²) in [5, 5.41) is 8.21. The summed E-state index contributed by atoms with van der Waals surface area (Å²) in [7, 11) is 1.92. The van der Waals surface area contributed by atoms with Crippen LogP contribution in [0.4, 0.5) is 0 Å². The topological polar surface area (TPSA) is 56.7 Å². The van der Waals surface area contributed by atoms with Crippen molar-refractivity contribution in [3.8, 4) is 11.4 Å². The highest BCUT2D eigenvalue weighted by Crippen LogP contribution is 2.29. The predicted octanol–water partition coefficient (Wildman–Crippen LogP) is 2.01. The van der Waals surface area contributed by atoms with E-state index in [1.807, 2.05) is 36.7 Å². The Morgan fingerprint density at radius 1 is 1.38 bits per heavy atom. The van der Waals surface area contributed by atoms with Crippen molar-refractivity contribution in [3.05, 3.63) is 34.1 Å². The molecular weight excluding hydrogens is 268 g/mol. The number of hydrogen-bond acceptors (Lipinski definition) is 3. The molecule has 4 nitrogen and oxygen atoms in total. The molecule has 1 aromatic heterocycles. The lowest BCUT2D eigenvalue weighted by Crippen LogP contribution is -2.05. The Bertz CT molecular complexity index is 519. The van der Waals surface area contributed by atoms with Gasteiger partial charge in [-0.05, 0) is 28.4 Å². The van der Waals surface area contributed by atoms with Crippen LogP contribution in [0.15, 0.2) is 22.7 Å². The van der Waals surface area contributed by atoms with E-state index < -0.39 is 0 Å². The van der Waals surface area contributed by atoms with E-state index in [0.717, 1.165) is 21.7 Å². The standard InChI is InChI=1S/C11H13BrN4/c1-7-4-3-5-8(10(7)12)11-15-14-9(6-13)16(11)2/h3-5H,6,13H2,1-2H3. The summed E-state index contributed by atoms with van der Waals surface area (Å²) >= 11 is 3.57. The molecule has 0 aliphatic carbocycles. The van der Waals surface area contributed by atoms with Crippen molar-refractivity contribution in [1.82, 2.24) is 14.8 Å². The molecular formula is C11H13BrN4. The molecule has 0 saturated heterocycles.